The number of likely N-dealkylation sites (tertiary alicyclic amines) is 1. The molecule has 1 aromatic carbocycles. The highest BCUT2D eigenvalue weighted by molar-refractivity contribution is 5.78. The highest BCUT2D eigenvalue weighted by atomic mass is 16.2. The van der Waals surface area contributed by atoms with Crippen LogP contribution in [0, 0.1) is 0 Å². The van der Waals surface area contributed by atoms with E-state index < -0.39 is 0 Å². The number of hydrogen-bond acceptors (Lipinski definition) is 5. The van der Waals surface area contributed by atoms with Crippen molar-refractivity contribution in [1.29, 1.82) is 0 Å². The van der Waals surface area contributed by atoms with Crippen LogP contribution in [-0.2, 0) is 11.3 Å². The van der Waals surface area contributed by atoms with Crippen molar-refractivity contribution < 1.29 is 4.79 Å². The van der Waals surface area contributed by atoms with Crippen LogP contribution in [0.4, 0.5) is 0 Å². The van der Waals surface area contributed by atoms with Gasteiger partial charge in [0.1, 0.15) is 0 Å². The van der Waals surface area contributed by atoms with Gasteiger partial charge in [0.25, 0.3) is 0 Å². The van der Waals surface area contributed by atoms with Crippen molar-refractivity contribution in [2.45, 2.75) is 25.8 Å². The quantitative estimate of drug-likeness (QED) is 0.659. The molecule has 3 heterocycles. The monoisotopic (exact) mass is 350 g/mol. The fourth-order valence-electron chi connectivity index (χ4n) is 3.39. The van der Waals surface area contributed by atoms with Gasteiger partial charge in [0.15, 0.2) is 5.65 Å². The number of benzene rings is 1. The van der Waals surface area contributed by atoms with Crippen molar-refractivity contribution in [3.05, 3.63) is 48.2 Å². The molecule has 1 amide bonds. The summed E-state index contributed by atoms with van der Waals surface area (Å²) in [4.78, 5) is 13.6. The normalized spacial score (nSPS) is 14.5. The van der Waals surface area contributed by atoms with Gasteiger partial charge in [0.05, 0.1) is 0 Å². The van der Waals surface area contributed by atoms with Crippen molar-refractivity contribution in [2.75, 3.05) is 19.6 Å². The van der Waals surface area contributed by atoms with Gasteiger partial charge in [-0.1, -0.05) is 30.3 Å². The van der Waals surface area contributed by atoms with Gasteiger partial charge in [0, 0.05) is 43.4 Å². The van der Waals surface area contributed by atoms with Crippen LogP contribution >= 0.6 is 0 Å². The molecule has 0 unspecified atom stereocenters. The van der Waals surface area contributed by atoms with E-state index in [1.807, 2.05) is 29.3 Å². The lowest BCUT2D eigenvalue weighted by Crippen LogP contribution is -2.28. The minimum atomic E-state index is 0.289. The maximum absolute atomic E-state index is 11.6. The van der Waals surface area contributed by atoms with Crippen LogP contribution in [-0.4, -0.2) is 50.5 Å². The van der Waals surface area contributed by atoms with Gasteiger partial charge in [0.2, 0.25) is 5.91 Å². The molecule has 1 aliphatic heterocycles. The van der Waals surface area contributed by atoms with Crippen molar-refractivity contribution >= 4 is 11.6 Å². The summed E-state index contributed by atoms with van der Waals surface area (Å²) in [6, 6.07) is 12.4. The summed E-state index contributed by atoms with van der Waals surface area (Å²) in [6.45, 7) is 3.29. The molecule has 3 aromatic rings. The average molecular weight is 350 g/mol. The maximum Gasteiger partial charge on any atom is 0.222 e. The molecule has 26 heavy (non-hydrogen) atoms. The molecule has 7 heteroatoms. The van der Waals surface area contributed by atoms with Gasteiger partial charge >= 0.3 is 0 Å². The fourth-order valence-corrected chi connectivity index (χ4v) is 3.39. The number of amides is 1. The summed E-state index contributed by atoms with van der Waals surface area (Å²) in [5.41, 5.74) is 4.06. The number of carbonyl (C=O) groups is 1. The van der Waals surface area contributed by atoms with E-state index in [-0.39, 0.29) is 5.91 Å². The van der Waals surface area contributed by atoms with Crippen LogP contribution in [0.5, 0.6) is 0 Å². The van der Waals surface area contributed by atoms with Crippen LogP contribution in [0.25, 0.3) is 16.8 Å². The molecule has 0 atom stereocenters. The predicted octanol–water partition coefficient (Wildman–Crippen LogP) is 1.89. The Morgan fingerprint density at radius 1 is 1.15 bits per heavy atom. The summed E-state index contributed by atoms with van der Waals surface area (Å²) in [5, 5.41) is 15.4. The Balaban J connectivity index is 1.41. The summed E-state index contributed by atoms with van der Waals surface area (Å²) in [6.07, 6.45) is 4.60. The Hall–Kier alpha value is -2.80. The van der Waals surface area contributed by atoms with Gasteiger partial charge in [-0.2, -0.15) is 4.52 Å². The maximum atomic E-state index is 11.6. The first-order valence-electron chi connectivity index (χ1n) is 9.06. The number of hydrogen-bond donors (Lipinski definition) is 1. The Bertz CT molecular complexity index is 891. The van der Waals surface area contributed by atoms with Gasteiger partial charge in [-0.3, -0.25) is 4.79 Å². The highest BCUT2D eigenvalue weighted by Crippen LogP contribution is 2.21. The van der Waals surface area contributed by atoms with Crippen LogP contribution in [0.3, 0.4) is 0 Å². The van der Waals surface area contributed by atoms with E-state index in [0.717, 1.165) is 54.8 Å². The summed E-state index contributed by atoms with van der Waals surface area (Å²) < 4.78 is 1.72. The molecule has 0 bridgehead atoms. The van der Waals surface area contributed by atoms with E-state index >= 15 is 0 Å². The first-order valence-corrected chi connectivity index (χ1v) is 9.06. The van der Waals surface area contributed by atoms with Crippen LogP contribution < -0.4 is 5.32 Å². The molecule has 0 aliphatic carbocycles. The SMILES string of the molecule is O=C1CCCN1CCCNCc1cc(-c2ccccc2)cn2nnnc12. The fraction of sp³-hybridized carbons (Fsp3) is 0.368. The zero-order valence-electron chi connectivity index (χ0n) is 14.6. The van der Waals surface area contributed by atoms with E-state index in [9.17, 15) is 4.79 Å². The molecule has 0 spiro atoms. The smallest absolute Gasteiger partial charge is 0.222 e. The first kappa shape index (κ1) is 16.7. The predicted molar refractivity (Wildman–Crippen MR) is 98.4 cm³/mol. The third kappa shape index (κ3) is 3.57. The number of fused-ring (bicyclic) bond motifs is 1. The van der Waals surface area contributed by atoms with E-state index in [2.05, 4.69) is 39.0 Å². The topological polar surface area (TPSA) is 75.4 Å². The van der Waals surface area contributed by atoms with Crippen LogP contribution in [0.15, 0.2) is 42.6 Å². The Labute approximate surface area is 152 Å². The zero-order chi connectivity index (χ0) is 17.8. The minimum absolute atomic E-state index is 0.289. The van der Waals surface area contributed by atoms with Crippen molar-refractivity contribution in [2.24, 2.45) is 0 Å². The Morgan fingerprint density at radius 2 is 2.04 bits per heavy atom. The number of aromatic nitrogens is 4. The molecule has 0 saturated carbocycles. The van der Waals surface area contributed by atoms with Gasteiger partial charge in [-0.05, 0) is 41.4 Å². The second kappa shape index (κ2) is 7.61. The lowest BCUT2D eigenvalue weighted by atomic mass is 10.1. The molecule has 1 saturated heterocycles. The van der Waals surface area contributed by atoms with E-state index in [0.29, 0.717) is 13.0 Å². The van der Waals surface area contributed by atoms with E-state index in [1.165, 1.54) is 0 Å². The number of pyridine rings is 1. The number of nitrogens with one attached hydrogen (secondary N) is 1. The molecular formula is C19H22N6O. The minimum Gasteiger partial charge on any atom is -0.343 e. The highest BCUT2D eigenvalue weighted by Gasteiger charge is 2.18. The number of tetrazole rings is 1. The second-order valence-corrected chi connectivity index (χ2v) is 6.58. The van der Waals surface area contributed by atoms with Gasteiger partial charge < -0.3 is 10.2 Å². The lowest BCUT2D eigenvalue weighted by Gasteiger charge is -2.15. The van der Waals surface area contributed by atoms with E-state index in [4.69, 9.17) is 0 Å². The molecule has 134 valence electrons. The van der Waals surface area contributed by atoms with Crippen molar-refractivity contribution in [1.82, 2.24) is 30.3 Å². The standard InChI is InChI=1S/C19H22N6O/c26-18-8-4-10-24(18)11-5-9-20-13-16-12-17(15-6-2-1-3-7-15)14-25-19(16)21-22-23-25/h1-3,6-7,12,14,20H,4-5,8-11,13H2. The molecule has 0 radical (unpaired) electrons. The molecule has 2 aromatic heterocycles. The van der Waals surface area contributed by atoms with Crippen molar-refractivity contribution in [3.8, 4) is 11.1 Å². The third-order valence-corrected chi connectivity index (χ3v) is 4.75. The summed E-state index contributed by atoms with van der Waals surface area (Å²) in [7, 11) is 0. The Kier molecular flexibility index (Phi) is 4.88. The molecule has 1 fully saturated rings. The summed E-state index contributed by atoms with van der Waals surface area (Å²) >= 11 is 0. The molecule has 1 aliphatic rings. The molecule has 4 rings (SSSR count). The third-order valence-electron chi connectivity index (χ3n) is 4.75. The van der Waals surface area contributed by atoms with Gasteiger partial charge in [-0.15, -0.1) is 5.10 Å². The number of rotatable bonds is 7. The van der Waals surface area contributed by atoms with Crippen molar-refractivity contribution in [3.63, 3.8) is 0 Å². The first-order chi connectivity index (χ1) is 12.8. The zero-order valence-corrected chi connectivity index (χ0v) is 14.6. The Morgan fingerprint density at radius 3 is 2.85 bits per heavy atom. The lowest BCUT2D eigenvalue weighted by molar-refractivity contribution is -0.127. The number of carbonyl (C=O) groups excluding carboxylic acids is 1. The van der Waals surface area contributed by atoms with Crippen LogP contribution in [0.2, 0.25) is 0 Å². The second-order valence-electron chi connectivity index (χ2n) is 6.58. The van der Waals surface area contributed by atoms with E-state index in [1.54, 1.807) is 4.52 Å². The van der Waals surface area contributed by atoms with Gasteiger partial charge in [-0.25, -0.2) is 0 Å². The molecular weight excluding hydrogens is 328 g/mol. The largest absolute Gasteiger partial charge is 0.343 e. The number of nitrogens with zero attached hydrogens (tertiary/aromatic N) is 5. The average Bonchev–Trinajstić information content (AvgIpc) is 3.31. The molecule has 7 nitrogen and oxygen atoms in total. The van der Waals surface area contributed by atoms with Crippen LogP contribution in [0.1, 0.15) is 24.8 Å². The molecule has 1 N–H and O–H groups in total. The summed E-state index contributed by atoms with van der Waals surface area (Å²) in [5.74, 6) is 0.289.